The zero-order valence-corrected chi connectivity index (χ0v) is 10.3. The molecular formula is C9H17ClF3N3O. The molecular weight excluding hydrogens is 259 g/mol. The lowest BCUT2D eigenvalue weighted by molar-refractivity contribution is -0.139. The molecule has 1 saturated heterocycles. The molecule has 1 heterocycles. The first-order chi connectivity index (χ1) is 7.37. The average molecular weight is 276 g/mol. The van der Waals surface area contributed by atoms with Crippen molar-refractivity contribution in [2.24, 2.45) is 0 Å². The maximum Gasteiger partial charge on any atom is 0.405 e. The Morgan fingerprint density at radius 1 is 1.53 bits per heavy atom. The van der Waals surface area contributed by atoms with E-state index in [9.17, 15) is 18.0 Å². The second-order valence-corrected chi connectivity index (χ2v) is 3.98. The lowest BCUT2D eigenvalue weighted by Gasteiger charge is -2.31. The van der Waals surface area contributed by atoms with Gasteiger partial charge in [-0.1, -0.05) is 0 Å². The number of piperazine rings is 1. The molecule has 0 bridgehead atoms. The Hall–Kier alpha value is -0.530. The van der Waals surface area contributed by atoms with Crippen LogP contribution in [0.1, 0.15) is 6.92 Å². The van der Waals surface area contributed by atoms with Gasteiger partial charge >= 0.3 is 6.18 Å². The summed E-state index contributed by atoms with van der Waals surface area (Å²) in [6.07, 6.45) is -4.34. The van der Waals surface area contributed by atoms with Crippen molar-refractivity contribution in [1.82, 2.24) is 15.5 Å². The topological polar surface area (TPSA) is 44.4 Å². The van der Waals surface area contributed by atoms with Gasteiger partial charge in [0.15, 0.2) is 0 Å². The van der Waals surface area contributed by atoms with Gasteiger partial charge in [-0.05, 0) is 6.92 Å². The van der Waals surface area contributed by atoms with Crippen LogP contribution in [0.25, 0.3) is 0 Å². The van der Waals surface area contributed by atoms with E-state index in [0.717, 1.165) is 6.54 Å². The second kappa shape index (κ2) is 7.03. The lowest BCUT2D eigenvalue weighted by Crippen LogP contribution is -2.52. The predicted molar refractivity (Wildman–Crippen MR) is 60.2 cm³/mol. The molecule has 2 N–H and O–H groups in total. The Kier molecular flexibility index (Phi) is 6.81. The van der Waals surface area contributed by atoms with Crippen molar-refractivity contribution >= 4 is 18.3 Å². The first kappa shape index (κ1) is 16.5. The Morgan fingerprint density at radius 3 is 2.71 bits per heavy atom. The van der Waals surface area contributed by atoms with Gasteiger partial charge in [-0.15, -0.1) is 12.4 Å². The van der Waals surface area contributed by atoms with Gasteiger partial charge in [0.25, 0.3) is 0 Å². The normalized spacial score (nSPS) is 21.8. The van der Waals surface area contributed by atoms with Crippen LogP contribution in [0.5, 0.6) is 0 Å². The molecule has 1 unspecified atom stereocenters. The molecule has 0 spiro atoms. The van der Waals surface area contributed by atoms with E-state index in [1.165, 1.54) is 0 Å². The summed E-state index contributed by atoms with van der Waals surface area (Å²) >= 11 is 0. The van der Waals surface area contributed by atoms with Crippen LogP contribution < -0.4 is 10.6 Å². The maximum atomic E-state index is 11.8. The van der Waals surface area contributed by atoms with Crippen molar-refractivity contribution in [2.75, 3.05) is 32.7 Å². The van der Waals surface area contributed by atoms with Crippen LogP contribution in [0.15, 0.2) is 0 Å². The summed E-state index contributed by atoms with van der Waals surface area (Å²) in [5.74, 6) is -0.577. The molecule has 1 rings (SSSR count). The van der Waals surface area contributed by atoms with Gasteiger partial charge < -0.3 is 10.6 Å². The maximum absolute atomic E-state index is 11.8. The van der Waals surface area contributed by atoms with E-state index in [1.807, 2.05) is 17.1 Å². The van der Waals surface area contributed by atoms with Gasteiger partial charge in [-0.25, -0.2) is 0 Å². The van der Waals surface area contributed by atoms with Crippen molar-refractivity contribution in [1.29, 1.82) is 0 Å². The minimum Gasteiger partial charge on any atom is -0.346 e. The Balaban J connectivity index is 0.00000256. The van der Waals surface area contributed by atoms with Crippen molar-refractivity contribution in [3.63, 3.8) is 0 Å². The predicted octanol–water partition coefficient (Wildman–Crippen LogP) is 0.380. The van der Waals surface area contributed by atoms with Crippen LogP contribution in [0.4, 0.5) is 13.2 Å². The second-order valence-electron chi connectivity index (χ2n) is 3.98. The smallest absolute Gasteiger partial charge is 0.346 e. The Bertz CT molecular complexity index is 250. The molecule has 17 heavy (non-hydrogen) atoms. The minimum absolute atomic E-state index is 0. The average Bonchev–Trinajstić information content (AvgIpc) is 2.14. The van der Waals surface area contributed by atoms with Crippen molar-refractivity contribution in [3.8, 4) is 0 Å². The van der Waals surface area contributed by atoms with Crippen molar-refractivity contribution < 1.29 is 18.0 Å². The van der Waals surface area contributed by atoms with E-state index < -0.39 is 18.6 Å². The molecule has 0 aromatic rings. The van der Waals surface area contributed by atoms with E-state index in [0.29, 0.717) is 13.1 Å². The van der Waals surface area contributed by atoms with Gasteiger partial charge in [-0.3, -0.25) is 9.69 Å². The van der Waals surface area contributed by atoms with Crippen LogP contribution in [-0.4, -0.2) is 55.7 Å². The number of carbonyl (C=O) groups is 1. The molecule has 102 valence electrons. The summed E-state index contributed by atoms with van der Waals surface area (Å²) in [5.41, 5.74) is 0. The van der Waals surface area contributed by atoms with Crippen LogP contribution in [0.3, 0.4) is 0 Å². The molecule has 0 radical (unpaired) electrons. The fourth-order valence-electron chi connectivity index (χ4n) is 1.61. The number of rotatable bonds is 3. The third kappa shape index (κ3) is 7.40. The molecule has 0 saturated carbocycles. The number of carbonyl (C=O) groups excluding carboxylic acids is 1. The number of nitrogens with one attached hydrogen (secondary N) is 2. The fraction of sp³-hybridized carbons (Fsp3) is 0.889. The zero-order chi connectivity index (χ0) is 12.2. The molecule has 1 fully saturated rings. The van der Waals surface area contributed by atoms with E-state index in [1.54, 1.807) is 0 Å². The first-order valence-corrected chi connectivity index (χ1v) is 5.16. The van der Waals surface area contributed by atoms with Gasteiger partial charge in [0.2, 0.25) is 5.91 Å². The highest BCUT2D eigenvalue weighted by atomic mass is 35.5. The van der Waals surface area contributed by atoms with E-state index in [2.05, 4.69) is 5.32 Å². The standard InChI is InChI=1S/C9H16F3N3O.ClH/c1-7-4-15(3-2-13-7)5-8(16)14-6-9(10,11)12;/h7,13H,2-6H2,1H3,(H,14,16);1H. The van der Waals surface area contributed by atoms with Crippen LogP contribution >= 0.6 is 12.4 Å². The number of hydrogen-bond donors (Lipinski definition) is 2. The largest absolute Gasteiger partial charge is 0.405 e. The number of amides is 1. The molecule has 1 aliphatic heterocycles. The number of alkyl halides is 3. The van der Waals surface area contributed by atoms with Gasteiger partial charge in [-0.2, -0.15) is 13.2 Å². The molecule has 8 heteroatoms. The van der Waals surface area contributed by atoms with Crippen LogP contribution in [-0.2, 0) is 4.79 Å². The van der Waals surface area contributed by atoms with Gasteiger partial charge in [0.05, 0.1) is 6.54 Å². The van der Waals surface area contributed by atoms with Gasteiger partial charge in [0.1, 0.15) is 6.54 Å². The quantitative estimate of drug-likeness (QED) is 0.783. The monoisotopic (exact) mass is 275 g/mol. The van der Waals surface area contributed by atoms with E-state index >= 15 is 0 Å². The van der Waals surface area contributed by atoms with Gasteiger partial charge in [0, 0.05) is 25.7 Å². The van der Waals surface area contributed by atoms with Crippen molar-refractivity contribution in [2.45, 2.75) is 19.1 Å². The van der Waals surface area contributed by atoms with Crippen LogP contribution in [0.2, 0.25) is 0 Å². The first-order valence-electron chi connectivity index (χ1n) is 5.16. The van der Waals surface area contributed by atoms with Crippen molar-refractivity contribution in [3.05, 3.63) is 0 Å². The zero-order valence-electron chi connectivity index (χ0n) is 9.51. The van der Waals surface area contributed by atoms with Crippen LogP contribution in [0, 0.1) is 0 Å². The molecule has 1 atom stereocenters. The number of nitrogens with zero attached hydrogens (tertiary/aromatic N) is 1. The van der Waals surface area contributed by atoms with E-state index in [-0.39, 0.29) is 25.0 Å². The summed E-state index contributed by atoms with van der Waals surface area (Å²) in [6, 6.07) is 0.268. The fourth-order valence-corrected chi connectivity index (χ4v) is 1.61. The third-order valence-electron chi connectivity index (χ3n) is 2.31. The van der Waals surface area contributed by atoms with E-state index in [4.69, 9.17) is 0 Å². The highest BCUT2D eigenvalue weighted by molar-refractivity contribution is 5.85. The molecule has 0 aliphatic carbocycles. The number of halogens is 4. The summed E-state index contributed by atoms with van der Waals surface area (Å²) in [7, 11) is 0. The molecule has 1 aliphatic rings. The third-order valence-corrected chi connectivity index (χ3v) is 2.31. The highest BCUT2D eigenvalue weighted by Crippen LogP contribution is 2.12. The molecule has 0 aromatic carbocycles. The lowest BCUT2D eigenvalue weighted by atomic mass is 10.2. The summed E-state index contributed by atoms with van der Waals surface area (Å²) in [4.78, 5) is 13.0. The Labute approximate surface area is 104 Å². The number of hydrogen-bond acceptors (Lipinski definition) is 3. The minimum atomic E-state index is -4.34. The SMILES string of the molecule is CC1CN(CC(=O)NCC(F)(F)F)CCN1.Cl. The Morgan fingerprint density at radius 2 is 2.18 bits per heavy atom. The highest BCUT2D eigenvalue weighted by Gasteiger charge is 2.28. The summed E-state index contributed by atoms with van der Waals surface area (Å²) in [5, 5.41) is 5.05. The molecule has 0 aromatic heterocycles. The molecule has 4 nitrogen and oxygen atoms in total. The summed E-state index contributed by atoms with van der Waals surface area (Å²) in [6.45, 7) is 2.87. The molecule has 1 amide bonds. The summed E-state index contributed by atoms with van der Waals surface area (Å²) < 4.78 is 35.5.